The van der Waals surface area contributed by atoms with Gasteiger partial charge in [0.25, 0.3) is 0 Å². The molecule has 1 aromatic carbocycles. The van der Waals surface area contributed by atoms with Crippen LogP contribution >= 0.6 is 40.7 Å². The fourth-order valence-corrected chi connectivity index (χ4v) is 1.42. The van der Waals surface area contributed by atoms with Crippen LogP contribution in [0.15, 0.2) is 38.7 Å². The van der Waals surface area contributed by atoms with E-state index in [0.717, 1.165) is 10.0 Å². The molecule has 0 aliphatic carbocycles. The van der Waals surface area contributed by atoms with Crippen molar-refractivity contribution >= 4 is 52.7 Å². The van der Waals surface area contributed by atoms with Crippen LogP contribution in [0.4, 0.5) is 0 Å². The van der Waals surface area contributed by atoms with E-state index < -0.39 is 0 Å². The summed E-state index contributed by atoms with van der Waals surface area (Å²) in [5, 5.41) is 0. The predicted molar refractivity (Wildman–Crippen MR) is 79.8 cm³/mol. The summed E-state index contributed by atoms with van der Waals surface area (Å²) in [4.78, 5) is 7.60. The van der Waals surface area contributed by atoms with Gasteiger partial charge in [0.1, 0.15) is 0 Å². The molecule has 8 heteroatoms. The topological polar surface area (TPSA) is 103 Å². The molecule has 0 saturated heterocycles. The van der Waals surface area contributed by atoms with Crippen molar-refractivity contribution in [3.8, 4) is 0 Å². The number of rotatable bonds is 2. The van der Waals surface area contributed by atoms with Crippen LogP contribution in [0.2, 0.25) is 0 Å². The fourth-order valence-electron chi connectivity index (χ4n) is 0.975. The fraction of sp³-hybridized carbons (Fsp3) is 0.111. The average molecular weight is 343 g/mol. The Morgan fingerprint density at radius 3 is 2.35 bits per heavy atom. The van der Waals surface area contributed by atoms with E-state index in [1.807, 2.05) is 24.3 Å². The SMILES string of the molecule is Cl.Cl.NC(N)=NC(N)=NCc1cccc(Br)c1. The van der Waals surface area contributed by atoms with Gasteiger partial charge in [0, 0.05) is 4.47 Å². The second-order valence-electron chi connectivity index (χ2n) is 2.84. The maximum atomic E-state index is 5.45. The van der Waals surface area contributed by atoms with E-state index >= 15 is 0 Å². The third-order valence-electron chi connectivity index (χ3n) is 1.56. The van der Waals surface area contributed by atoms with Crippen LogP contribution in [0, 0.1) is 0 Å². The van der Waals surface area contributed by atoms with Crippen molar-refractivity contribution in [2.75, 3.05) is 0 Å². The molecule has 0 aromatic heterocycles. The van der Waals surface area contributed by atoms with E-state index in [2.05, 4.69) is 25.9 Å². The smallest absolute Gasteiger partial charge is 0.218 e. The van der Waals surface area contributed by atoms with Gasteiger partial charge in [0.05, 0.1) is 6.54 Å². The van der Waals surface area contributed by atoms with Gasteiger partial charge >= 0.3 is 0 Å². The first-order valence-electron chi connectivity index (χ1n) is 4.22. The van der Waals surface area contributed by atoms with Crippen molar-refractivity contribution in [2.24, 2.45) is 27.2 Å². The van der Waals surface area contributed by atoms with Gasteiger partial charge in [0.15, 0.2) is 5.96 Å². The van der Waals surface area contributed by atoms with Crippen molar-refractivity contribution in [2.45, 2.75) is 6.54 Å². The van der Waals surface area contributed by atoms with Crippen LogP contribution < -0.4 is 17.2 Å². The van der Waals surface area contributed by atoms with Crippen molar-refractivity contribution in [3.05, 3.63) is 34.3 Å². The minimum absolute atomic E-state index is 0. The summed E-state index contributed by atoms with van der Waals surface area (Å²) >= 11 is 3.36. The van der Waals surface area contributed by atoms with Crippen molar-refractivity contribution in [3.63, 3.8) is 0 Å². The number of nitrogens with two attached hydrogens (primary N) is 3. The second-order valence-corrected chi connectivity index (χ2v) is 3.76. The molecular weight excluding hydrogens is 329 g/mol. The summed E-state index contributed by atoms with van der Waals surface area (Å²) < 4.78 is 0.996. The monoisotopic (exact) mass is 341 g/mol. The molecule has 96 valence electrons. The molecule has 0 spiro atoms. The number of halogens is 3. The number of guanidine groups is 2. The van der Waals surface area contributed by atoms with E-state index in [-0.39, 0.29) is 36.7 Å². The molecule has 0 amide bonds. The van der Waals surface area contributed by atoms with E-state index in [1.54, 1.807) is 0 Å². The lowest BCUT2D eigenvalue weighted by Crippen LogP contribution is -2.26. The zero-order valence-electron chi connectivity index (χ0n) is 8.84. The molecule has 0 fully saturated rings. The van der Waals surface area contributed by atoms with E-state index in [4.69, 9.17) is 17.2 Å². The third kappa shape index (κ3) is 7.84. The van der Waals surface area contributed by atoms with E-state index in [0.29, 0.717) is 6.54 Å². The highest BCUT2D eigenvalue weighted by Gasteiger charge is 1.93. The van der Waals surface area contributed by atoms with Crippen LogP contribution in [-0.4, -0.2) is 11.9 Å². The highest BCUT2D eigenvalue weighted by molar-refractivity contribution is 9.10. The Hall–Kier alpha value is -0.980. The van der Waals surface area contributed by atoms with Gasteiger partial charge in [-0.2, -0.15) is 4.99 Å². The third-order valence-corrected chi connectivity index (χ3v) is 2.05. The van der Waals surface area contributed by atoms with E-state index in [1.165, 1.54) is 0 Å². The molecule has 0 saturated carbocycles. The summed E-state index contributed by atoms with van der Waals surface area (Å²) in [5.74, 6) is -0.0135. The first-order chi connectivity index (χ1) is 7.08. The molecule has 1 aromatic rings. The standard InChI is InChI=1S/C9H12BrN5.2ClH/c10-7-3-1-2-6(4-7)5-14-9(13)15-8(11)12;;/h1-4H,5H2,(H6,11,12,13,14,15);2*1H. The molecule has 6 N–H and O–H groups in total. The van der Waals surface area contributed by atoms with Crippen LogP contribution in [0.3, 0.4) is 0 Å². The highest BCUT2D eigenvalue weighted by atomic mass is 79.9. The molecule has 1 rings (SSSR count). The van der Waals surface area contributed by atoms with Gasteiger partial charge in [-0.3, -0.25) is 0 Å². The largest absolute Gasteiger partial charge is 0.370 e. The minimum Gasteiger partial charge on any atom is -0.370 e. The number of benzene rings is 1. The normalized spacial score (nSPS) is 9.82. The number of hydrogen-bond donors (Lipinski definition) is 3. The summed E-state index contributed by atoms with van der Waals surface area (Å²) in [6.07, 6.45) is 0. The van der Waals surface area contributed by atoms with Crippen molar-refractivity contribution in [1.29, 1.82) is 0 Å². The Bertz CT molecular complexity index is 404. The van der Waals surface area contributed by atoms with Gasteiger partial charge in [-0.1, -0.05) is 28.1 Å². The number of aliphatic imine (C=N–C) groups is 2. The zero-order valence-corrected chi connectivity index (χ0v) is 12.1. The molecule has 17 heavy (non-hydrogen) atoms. The predicted octanol–water partition coefficient (Wildman–Crippen LogP) is 1.38. The maximum absolute atomic E-state index is 5.45. The van der Waals surface area contributed by atoms with Gasteiger partial charge in [-0.25, -0.2) is 4.99 Å². The second kappa shape index (κ2) is 9.09. The molecule has 0 aliphatic heterocycles. The summed E-state index contributed by atoms with van der Waals surface area (Å²) in [6.45, 7) is 0.446. The lowest BCUT2D eigenvalue weighted by Gasteiger charge is -1.98. The van der Waals surface area contributed by atoms with E-state index in [9.17, 15) is 0 Å². The van der Waals surface area contributed by atoms with Crippen LogP contribution in [0.1, 0.15) is 5.56 Å². The van der Waals surface area contributed by atoms with Gasteiger partial charge in [0.2, 0.25) is 5.96 Å². The first kappa shape index (κ1) is 18.4. The Labute approximate surface area is 121 Å². The molecule has 5 nitrogen and oxygen atoms in total. The maximum Gasteiger partial charge on any atom is 0.218 e. The minimum atomic E-state index is -0.0921. The molecule has 0 radical (unpaired) electrons. The molecule has 0 unspecified atom stereocenters. The Kier molecular flexibility index (Phi) is 9.83. The zero-order chi connectivity index (χ0) is 11.3. The van der Waals surface area contributed by atoms with Gasteiger partial charge in [-0.15, -0.1) is 24.8 Å². The Morgan fingerprint density at radius 1 is 1.18 bits per heavy atom. The molecular formula is C9H14BrCl2N5. The number of hydrogen-bond acceptors (Lipinski definition) is 1. The quantitative estimate of drug-likeness (QED) is 0.558. The average Bonchev–Trinajstić information content (AvgIpc) is 2.14. The van der Waals surface area contributed by atoms with Gasteiger partial charge < -0.3 is 17.2 Å². The molecule has 0 aliphatic rings. The molecule has 0 heterocycles. The molecule has 0 bridgehead atoms. The van der Waals surface area contributed by atoms with Crippen molar-refractivity contribution in [1.82, 2.24) is 0 Å². The van der Waals surface area contributed by atoms with Gasteiger partial charge in [-0.05, 0) is 17.7 Å². The summed E-state index contributed by atoms with van der Waals surface area (Å²) in [5.41, 5.74) is 16.8. The molecule has 0 atom stereocenters. The summed E-state index contributed by atoms with van der Waals surface area (Å²) in [6, 6.07) is 7.75. The number of nitrogens with zero attached hydrogens (tertiary/aromatic N) is 2. The van der Waals surface area contributed by atoms with Crippen LogP contribution in [-0.2, 0) is 6.54 Å². The van der Waals surface area contributed by atoms with Crippen molar-refractivity contribution < 1.29 is 0 Å². The van der Waals surface area contributed by atoms with Crippen LogP contribution in [0.5, 0.6) is 0 Å². The summed E-state index contributed by atoms with van der Waals surface area (Å²) in [7, 11) is 0. The lowest BCUT2D eigenvalue weighted by molar-refractivity contribution is 1.05. The lowest BCUT2D eigenvalue weighted by atomic mass is 10.2. The Balaban J connectivity index is 0. The first-order valence-corrected chi connectivity index (χ1v) is 5.01. The Morgan fingerprint density at radius 2 is 1.82 bits per heavy atom. The van der Waals surface area contributed by atoms with Crippen LogP contribution in [0.25, 0.3) is 0 Å². The highest BCUT2D eigenvalue weighted by Crippen LogP contribution is 2.12.